The molecule has 3 aromatic carbocycles. The van der Waals surface area contributed by atoms with Crippen molar-refractivity contribution in [3.8, 4) is 5.75 Å². The SMILES string of the molecule is O=C(O)c1ccc(Cl)cc1N=Nc1c([O-])ccc2cc(S(=O)(=O)[O-])ccc12.[Sr+2]. The van der Waals surface area contributed by atoms with Gasteiger partial charge in [-0.25, -0.2) is 13.2 Å². The van der Waals surface area contributed by atoms with Gasteiger partial charge < -0.3 is 14.8 Å². The molecule has 3 aromatic rings. The molecule has 0 saturated heterocycles. The van der Waals surface area contributed by atoms with Gasteiger partial charge in [0.05, 0.1) is 16.1 Å². The molecule has 0 heterocycles. The molecule has 0 fully saturated rings. The van der Waals surface area contributed by atoms with Crippen molar-refractivity contribution in [3.63, 3.8) is 0 Å². The Morgan fingerprint density at radius 2 is 1.75 bits per heavy atom. The average Bonchev–Trinajstić information content (AvgIpc) is 2.59. The van der Waals surface area contributed by atoms with Gasteiger partial charge in [-0.1, -0.05) is 35.5 Å². The number of rotatable bonds is 4. The Bertz CT molecular complexity index is 1210. The van der Waals surface area contributed by atoms with E-state index in [2.05, 4.69) is 10.2 Å². The fourth-order valence-corrected chi connectivity index (χ4v) is 3.07. The molecule has 11 heteroatoms. The first-order valence-electron chi connectivity index (χ1n) is 7.31. The molecule has 138 valence electrons. The van der Waals surface area contributed by atoms with Crippen molar-refractivity contribution in [3.05, 3.63) is 59.1 Å². The molecule has 1 N–H and O–H groups in total. The van der Waals surface area contributed by atoms with Gasteiger partial charge in [0.15, 0.2) is 0 Å². The summed E-state index contributed by atoms with van der Waals surface area (Å²) in [6.07, 6.45) is 0. The first-order chi connectivity index (χ1) is 12.7. The van der Waals surface area contributed by atoms with E-state index in [9.17, 15) is 28.0 Å². The van der Waals surface area contributed by atoms with Crippen LogP contribution in [0.2, 0.25) is 5.02 Å². The summed E-state index contributed by atoms with van der Waals surface area (Å²) in [4.78, 5) is 10.8. The topological polar surface area (TPSA) is 142 Å². The van der Waals surface area contributed by atoms with E-state index < -0.39 is 26.7 Å². The molecule has 0 aromatic heterocycles. The summed E-state index contributed by atoms with van der Waals surface area (Å²) in [5.41, 5.74) is -0.334. The molecule has 0 unspecified atom stereocenters. The third-order valence-corrected chi connectivity index (χ3v) is 4.73. The molecule has 8 nitrogen and oxygen atoms in total. The van der Waals surface area contributed by atoms with Crippen LogP contribution in [-0.4, -0.2) is 69.5 Å². The van der Waals surface area contributed by atoms with Crippen LogP contribution < -0.4 is 5.11 Å². The fraction of sp³-hybridized carbons (Fsp3) is 0. The van der Waals surface area contributed by atoms with Gasteiger partial charge in [0.2, 0.25) is 0 Å². The maximum absolute atomic E-state index is 12.1. The molecular weight excluding hydrogens is 483 g/mol. The van der Waals surface area contributed by atoms with E-state index in [4.69, 9.17) is 11.6 Å². The Morgan fingerprint density at radius 1 is 1.04 bits per heavy atom. The van der Waals surface area contributed by atoms with Crippen molar-refractivity contribution in [2.24, 2.45) is 10.2 Å². The van der Waals surface area contributed by atoms with E-state index in [1.54, 1.807) is 0 Å². The molecule has 0 aliphatic rings. The Labute approximate surface area is 201 Å². The smallest absolute Gasteiger partial charge is 0.871 e. The number of aromatic carboxylic acids is 1. The normalized spacial score (nSPS) is 11.5. The summed E-state index contributed by atoms with van der Waals surface area (Å²) >= 11 is 5.85. The number of benzene rings is 3. The largest absolute Gasteiger partial charge is 2.00 e. The number of carbonyl (C=O) groups is 1. The minimum atomic E-state index is -4.65. The number of hydrogen-bond donors (Lipinski definition) is 1. The van der Waals surface area contributed by atoms with Crippen LogP contribution in [0.3, 0.4) is 0 Å². The average molecular weight is 492 g/mol. The zero-order chi connectivity index (χ0) is 19.8. The maximum atomic E-state index is 12.1. The third-order valence-electron chi connectivity index (χ3n) is 3.66. The number of nitrogens with zero attached hydrogens (tertiary/aromatic N) is 2. The molecule has 0 atom stereocenters. The van der Waals surface area contributed by atoms with Crippen LogP contribution in [0.5, 0.6) is 5.75 Å². The Hall–Kier alpha value is -1.53. The Kier molecular flexibility index (Phi) is 7.21. The Morgan fingerprint density at radius 3 is 2.39 bits per heavy atom. The van der Waals surface area contributed by atoms with Crippen molar-refractivity contribution in [1.29, 1.82) is 0 Å². The molecule has 0 bridgehead atoms. The second-order valence-electron chi connectivity index (χ2n) is 5.42. The summed E-state index contributed by atoms with van der Waals surface area (Å²) in [5, 5.41) is 29.8. The van der Waals surface area contributed by atoms with E-state index in [1.165, 1.54) is 30.3 Å². The predicted octanol–water partition coefficient (Wildman–Crippen LogP) is 3.20. The van der Waals surface area contributed by atoms with Gasteiger partial charge in [-0.3, -0.25) is 0 Å². The van der Waals surface area contributed by atoms with Gasteiger partial charge in [0.1, 0.15) is 15.8 Å². The number of fused-ring (bicyclic) bond motifs is 1. The van der Waals surface area contributed by atoms with Crippen molar-refractivity contribution in [1.82, 2.24) is 0 Å². The molecule has 0 saturated carbocycles. The Balaban J connectivity index is 0.00000280. The minimum Gasteiger partial charge on any atom is -0.871 e. The molecular formula is C17H9ClN2O6SSr. The zero-order valence-electron chi connectivity index (χ0n) is 14.0. The monoisotopic (exact) mass is 492 g/mol. The van der Waals surface area contributed by atoms with Crippen molar-refractivity contribution < 1.29 is 28.0 Å². The van der Waals surface area contributed by atoms with E-state index in [-0.39, 0.29) is 72.8 Å². The van der Waals surface area contributed by atoms with Gasteiger partial charge in [0.25, 0.3) is 0 Å². The van der Waals surface area contributed by atoms with Crippen molar-refractivity contribution >= 4 is 95.3 Å². The maximum Gasteiger partial charge on any atom is 2.00 e. The second-order valence-corrected chi connectivity index (χ2v) is 7.23. The van der Waals surface area contributed by atoms with E-state index in [0.717, 1.165) is 18.2 Å². The molecule has 28 heavy (non-hydrogen) atoms. The standard InChI is InChI=1S/C17H11ClN2O6S.Sr/c18-10-2-4-13(17(22)23)14(8-10)19-20-16-12-5-3-11(27(24,25)26)7-9(12)1-6-15(16)21;/h1-8,21H,(H,22,23)(H,24,25,26);/q;+2/p-2. The van der Waals surface area contributed by atoms with Crippen molar-refractivity contribution in [2.75, 3.05) is 0 Å². The van der Waals surface area contributed by atoms with E-state index >= 15 is 0 Å². The third kappa shape index (κ3) is 4.90. The van der Waals surface area contributed by atoms with Gasteiger partial charge >= 0.3 is 51.5 Å². The zero-order valence-corrected chi connectivity index (χ0v) is 19.0. The fourth-order valence-electron chi connectivity index (χ4n) is 2.40. The summed E-state index contributed by atoms with van der Waals surface area (Å²) < 4.78 is 33.4. The minimum absolute atomic E-state index is 0. The molecule has 0 radical (unpaired) electrons. The van der Waals surface area contributed by atoms with Gasteiger partial charge in [-0.15, -0.1) is 5.11 Å². The number of azo groups is 1. The van der Waals surface area contributed by atoms with Crippen LogP contribution in [0.15, 0.2) is 63.7 Å². The van der Waals surface area contributed by atoms with Gasteiger partial charge in [-0.2, -0.15) is 5.11 Å². The molecule has 0 aliphatic heterocycles. The second kappa shape index (κ2) is 8.87. The van der Waals surface area contributed by atoms with Crippen LogP contribution in [0.4, 0.5) is 11.4 Å². The van der Waals surface area contributed by atoms with Crippen LogP contribution in [0, 0.1) is 0 Å². The first kappa shape index (κ1) is 22.8. The summed E-state index contributed by atoms with van der Waals surface area (Å²) in [7, 11) is -4.65. The van der Waals surface area contributed by atoms with Crippen LogP contribution in [0.25, 0.3) is 10.8 Å². The summed E-state index contributed by atoms with van der Waals surface area (Å²) in [5.74, 6) is -1.76. The summed E-state index contributed by atoms with van der Waals surface area (Å²) in [6.45, 7) is 0. The molecule has 0 amide bonds. The van der Waals surface area contributed by atoms with Crippen LogP contribution in [-0.2, 0) is 10.1 Å². The van der Waals surface area contributed by atoms with Crippen LogP contribution in [0.1, 0.15) is 10.4 Å². The number of hydrogen-bond acceptors (Lipinski definition) is 7. The van der Waals surface area contributed by atoms with Gasteiger partial charge in [-0.05, 0) is 35.7 Å². The predicted molar refractivity (Wildman–Crippen MR) is 99.7 cm³/mol. The van der Waals surface area contributed by atoms with Crippen LogP contribution >= 0.6 is 11.6 Å². The van der Waals surface area contributed by atoms with E-state index in [1.807, 2.05) is 0 Å². The van der Waals surface area contributed by atoms with Gasteiger partial charge in [0, 0.05) is 10.4 Å². The molecule has 0 aliphatic carbocycles. The first-order valence-corrected chi connectivity index (χ1v) is 9.10. The number of halogens is 1. The molecule has 3 rings (SSSR count). The van der Waals surface area contributed by atoms with E-state index in [0.29, 0.717) is 5.39 Å². The van der Waals surface area contributed by atoms with Crippen molar-refractivity contribution in [2.45, 2.75) is 4.90 Å². The number of carboxylic acid groups (broad SMARTS) is 1. The summed E-state index contributed by atoms with van der Waals surface area (Å²) in [6, 6.07) is 9.88. The number of carboxylic acids is 1. The quantitative estimate of drug-likeness (QED) is 0.337. The molecule has 0 spiro atoms.